The molecule has 0 saturated carbocycles. The molecule has 1 atom stereocenters. The van der Waals surface area contributed by atoms with Crippen LogP contribution < -0.4 is 15.4 Å². The maximum atomic E-state index is 8.93. The monoisotopic (exact) mass is 238 g/mol. The lowest BCUT2D eigenvalue weighted by Crippen LogP contribution is -2.22. The van der Waals surface area contributed by atoms with Crippen molar-refractivity contribution >= 4 is 11.5 Å². The van der Waals surface area contributed by atoms with E-state index in [0.29, 0.717) is 17.5 Å². The third kappa shape index (κ3) is 2.41. The van der Waals surface area contributed by atoms with Gasteiger partial charge in [-0.25, -0.2) is 4.98 Å². The van der Waals surface area contributed by atoms with Gasteiger partial charge in [-0.1, -0.05) is 0 Å². The number of hydrogen-bond acceptors (Lipinski definition) is 6. The Kier molecular flexibility index (Phi) is 3.63. The number of nitrogens with zero attached hydrogens (tertiary/aromatic N) is 3. The number of nitrogen functional groups attached to an aromatic ring is 1. The summed E-state index contributed by atoms with van der Waals surface area (Å²) in [7, 11) is 1.54. The maximum absolute atomic E-state index is 8.93. The summed E-state index contributed by atoms with van der Waals surface area (Å²) < 4.78 is 5.08. The second kappa shape index (κ2) is 5.18. The SMILES string of the molecule is COc1ncnc(N2CCC(CCO)C2)c1N. The predicted octanol–water partition coefficient (Wildman–Crippen LogP) is 0.276. The molecule has 3 N–H and O–H groups in total. The molecular weight excluding hydrogens is 220 g/mol. The van der Waals surface area contributed by atoms with Gasteiger partial charge in [0, 0.05) is 19.7 Å². The van der Waals surface area contributed by atoms with Gasteiger partial charge in [-0.15, -0.1) is 0 Å². The minimum Gasteiger partial charge on any atom is -0.479 e. The van der Waals surface area contributed by atoms with E-state index in [0.717, 1.165) is 31.7 Å². The highest BCUT2D eigenvalue weighted by Gasteiger charge is 2.25. The van der Waals surface area contributed by atoms with E-state index in [2.05, 4.69) is 14.9 Å². The molecule has 0 amide bonds. The second-order valence-corrected chi connectivity index (χ2v) is 4.23. The van der Waals surface area contributed by atoms with Crippen molar-refractivity contribution in [3.63, 3.8) is 0 Å². The van der Waals surface area contributed by atoms with Crippen molar-refractivity contribution < 1.29 is 9.84 Å². The molecule has 1 aliphatic heterocycles. The Balaban J connectivity index is 2.13. The summed E-state index contributed by atoms with van der Waals surface area (Å²) in [6.45, 7) is 2.03. The first-order valence-electron chi connectivity index (χ1n) is 5.76. The van der Waals surface area contributed by atoms with E-state index in [4.69, 9.17) is 15.6 Å². The summed E-state index contributed by atoms with van der Waals surface area (Å²) in [5, 5.41) is 8.93. The number of anilines is 2. The van der Waals surface area contributed by atoms with Crippen molar-refractivity contribution in [1.29, 1.82) is 0 Å². The van der Waals surface area contributed by atoms with Crippen LogP contribution in [0.25, 0.3) is 0 Å². The molecule has 6 nitrogen and oxygen atoms in total. The highest BCUT2D eigenvalue weighted by Crippen LogP contribution is 2.31. The van der Waals surface area contributed by atoms with E-state index in [1.807, 2.05) is 0 Å². The predicted molar refractivity (Wildman–Crippen MR) is 65.0 cm³/mol. The van der Waals surface area contributed by atoms with E-state index < -0.39 is 0 Å². The Bertz CT molecular complexity index is 386. The Morgan fingerprint density at radius 2 is 2.41 bits per heavy atom. The molecule has 2 rings (SSSR count). The number of aliphatic hydroxyl groups is 1. The first-order chi connectivity index (χ1) is 8.26. The molecule has 0 radical (unpaired) electrons. The van der Waals surface area contributed by atoms with Crippen LogP contribution in [0.1, 0.15) is 12.8 Å². The van der Waals surface area contributed by atoms with E-state index in [1.54, 1.807) is 7.11 Å². The number of ether oxygens (including phenoxy) is 1. The minimum atomic E-state index is 0.237. The molecule has 0 aromatic carbocycles. The van der Waals surface area contributed by atoms with Crippen LogP contribution in [0.4, 0.5) is 11.5 Å². The number of methoxy groups -OCH3 is 1. The quantitative estimate of drug-likeness (QED) is 0.783. The van der Waals surface area contributed by atoms with Gasteiger partial charge < -0.3 is 20.5 Å². The summed E-state index contributed by atoms with van der Waals surface area (Å²) in [6, 6.07) is 0. The fourth-order valence-corrected chi connectivity index (χ4v) is 2.23. The number of rotatable bonds is 4. The fourth-order valence-electron chi connectivity index (χ4n) is 2.23. The van der Waals surface area contributed by atoms with Gasteiger partial charge in [-0.2, -0.15) is 4.98 Å². The summed E-state index contributed by atoms with van der Waals surface area (Å²) >= 11 is 0. The molecular formula is C11H18N4O2. The lowest BCUT2D eigenvalue weighted by Gasteiger charge is -2.19. The standard InChI is InChI=1S/C11H18N4O2/c1-17-11-9(12)10(13-7-14-11)15-4-2-8(6-15)3-5-16/h7-8,16H,2-6,12H2,1H3. The molecule has 94 valence electrons. The van der Waals surface area contributed by atoms with Crippen molar-refractivity contribution in [2.75, 3.05) is 37.4 Å². The molecule has 0 bridgehead atoms. The molecule has 1 aromatic rings. The normalized spacial score (nSPS) is 19.6. The van der Waals surface area contributed by atoms with Crippen LogP contribution in [-0.2, 0) is 0 Å². The van der Waals surface area contributed by atoms with Gasteiger partial charge in [0.2, 0.25) is 5.88 Å². The van der Waals surface area contributed by atoms with Gasteiger partial charge in [0.25, 0.3) is 0 Å². The van der Waals surface area contributed by atoms with Crippen LogP contribution in [0, 0.1) is 5.92 Å². The first-order valence-corrected chi connectivity index (χ1v) is 5.76. The van der Waals surface area contributed by atoms with Crippen molar-refractivity contribution in [2.24, 2.45) is 5.92 Å². The van der Waals surface area contributed by atoms with Crippen LogP contribution in [-0.4, -0.2) is 41.9 Å². The topological polar surface area (TPSA) is 84.5 Å². The van der Waals surface area contributed by atoms with Crippen molar-refractivity contribution in [2.45, 2.75) is 12.8 Å². The van der Waals surface area contributed by atoms with Gasteiger partial charge in [0.05, 0.1) is 7.11 Å². The van der Waals surface area contributed by atoms with Gasteiger partial charge in [-0.3, -0.25) is 0 Å². The minimum absolute atomic E-state index is 0.237. The highest BCUT2D eigenvalue weighted by molar-refractivity contribution is 5.68. The fraction of sp³-hybridized carbons (Fsp3) is 0.636. The first kappa shape index (κ1) is 11.9. The molecule has 1 fully saturated rings. The van der Waals surface area contributed by atoms with Crippen molar-refractivity contribution in [1.82, 2.24) is 9.97 Å². The summed E-state index contributed by atoms with van der Waals surface area (Å²) in [5.74, 6) is 1.67. The molecule has 0 spiro atoms. The zero-order valence-corrected chi connectivity index (χ0v) is 9.96. The third-order valence-corrected chi connectivity index (χ3v) is 3.14. The largest absolute Gasteiger partial charge is 0.479 e. The average Bonchev–Trinajstić information content (AvgIpc) is 2.78. The molecule has 2 heterocycles. The molecule has 17 heavy (non-hydrogen) atoms. The second-order valence-electron chi connectivity index (χ2n) is 4.23. The Morgan fingerprint density at radius 3 is 3.12 bits per heavy atom. The number of hydrogen-bond donors (Lipinski definition) is 2. The number of aromatic nitrogens is 2. The van der Waals surface area contributed by atoms with Gasteiger partial charge in [0.1, 0.15) is 12.0 Å². The molecule has 0 aliphatic carbocycles. The summed E-state index contributed by atoms with van der Waals surface area (Å²) in [6.07, 6.45) is 3.36. The molecule has 1 saturated heterocycles. The van der Waals surface area contributed by atoms with E-state index in [9.17, 15) is 0 Å². The van der Waals surface area contributed by atoms with Crippen LogP contribution in [0.5, 0.6) is 5.88 Å². The Labute approximate surface area is 100 Å². The van der Waals surface area contributed by atoms with Crippen molar-refractivity contribution in [3.8, 4) is 5.88 Å². The third-order valence-electron chi connectivity index (χ3n) is 3.14. The lowest BCUT2D eigenvalue weighted by atomic mass is 10.1. The van der Waals surface area contributed by atoms with Crippen LogP contribution in [0.15, 0.2) is 6.33 Å². The van der Waals surface area contributed by atoms with Gasteiger partial charge >= 0.3 is 0 Å². The molecule has 1 unspecified atom stereocenters. The lowest BCUT2D eigenvalue weighted by molar-refractivity contribution is 0.263. The highest BCUT2D eigenvalue weighted by atomic mass is 16.5. The van der Waals surface area contributed by atoms with Crippen LogP contribution in [0.3, 0.4) is 0 Å². The van der Waals surface area contributed by atoms with E-state index >= 15 is 0 Å². The van der Waals surface area contributed by atoms with E-state index in [1.165, 1.54) is 6.33 Å². The Hall–Kier alpha value is -1.56. The summed E-state index contributed by atoms with van der Waals surface area (Å²) in [5.41, 5.74) is 6.44. The van der Waals surface area contributed by atoms with E-state index in [-0.39, 0.29) is 6.61 Å². The molecule has 1 aromatic heterocycles. The summed E-state index contributed by atoms with van der Waals surface area (Å²) in [4.78, 5) is 10.3. The van der Waals surface area contributed by atoms with Crippen LogP contribution >= 0.6 is 0 Å². The number of aliphatic hydroxyl groups excluding tert-OH is 1. The zero-order valence-electron chi connectivity index (χ0n) is 9.96. The zero-order chi connectivity index (χ0) is 12.3. The van der Waals surface area contributed by atoms with Crippen LogP contribution in [0.2, 0.25) is 0 Å². The molecule has 6 heteroatoms. The van der Waals surface area contributed by atoms with Gasteiger partial charge in [-0.05, 0) is 18.8 Å². The smallest absolute Gasteiger partial charge is 0.242 e. The van der Waals surface area contributed by atoms with Crippen molar-refractivity contribution in [3.05, 3.63) is 6.33 Å². The Morgan fingerprint density at radius 1 is 1.59 bits per heavy atom. The number of nitrogens with two attached hydrogens (primary N) is 1. The van der Waals surface area contributed by atoms with Gasteiger partial charge in [0.15, 0.2) is 5.82 Å². The average molecular weight is 238 g/mol. The maximum Gasteiger partial charge on any atom is 0.242 e. The molecule has 1 aliphatic rings.